The minimum Gasteiger partial charge on any atom is -0.489 e. The van der Waals surface area contributed by atoms with E-state index in [9.17, 15) is 0 Å². The number of ether oxygens (including phenoxy) is 1. The summed E-state index contributed by atoms with van der Waals surface area (Å²) in [5, 5.41) is 4.51. The van der Waals surface area contributed by atoms with Gasteiger partial charge in [0.25, 0.3) is 0 Å². The van der Waals surface area contributed by atoms with E-state index in [1.807, 2.05) is 54.7 Å². The number of hydrogen-bond acceptors (Lipinski definition) is 3. The lowest BCUT2D eigenvalue weighted by Crippen LogP contribution is -2.28. The molecule has 0 spiro atoms. The third-order valence-corrected chi connectivity index (χ3v) is 7.30. The van der Waals surface area contributed by atoms with Gasteiger partial charge in [-0.2, -0.15) is 0 Å². The van der Waals surface area contributed by atoms with E-state index in [0.717, 1.165) is 34.0 Å². The Hall–Kier alpha value is -3.82. The zero-order chi connectivity index (χ0) is 24.3. The van der Waals surface area contributed by atoms with Gasteiger partial charge in [0.15, 0.2) is 0 Å². The Morgan fingerprint density at radius 1 is 0.917 bits per heavy atom. The van der Waals surface area contributed by atoms with Gasteiger partial charge in [-0.25, -0.2) is 0 Å². The lowest BCUT2D eigenvalue weighted by atomic mass is 9.77. The van der Waals surface area contributed by atoms with Crippen LogP contribution in [0.15, 0.2) is 114 Å². The fourth-order valence-corrected chi connectivity index (χ4v) is 5.45. The molecule has 0 fully saturated rings. The number of nitrogens with one attached hydrogen (secondary N) is 1. The lowest BCUT2D eigenvalue weighted by molar-refractivity contribution is 0.306. The minimum absolute atomic E-state index is 0.303. The van der Waals surface area contributed by atoms with Crippen LogP contribution in [0, 0.1) is 5.92 Å². The Morgan fingerprint density at radius 3 is 2.58 bits per heavy atom. The number of aliphatic imine (C=N–C) groups is 1. The van der Waals surface area contributed by atoms with E-state index in [-0.39, 0.29) is 0 Å². The molecule has 1 aliphatic carbocycles. The van der Waals surface area contributed by atoms with E-state index in [1.54, 1.807) is 0 Å². The maximum atomic E-state index is 6.04. The topological polar surface area (TPSA) is 33.6 Å². The van der Waals surface area contributed by atoms with Crippen molar-refractivity contribution < 1.29 is 4.74 Å². The molecule has 6 rings (SSSR count). The van der Waals surface area contributed by atoms with E-state index in [2.05, 4.69) is 71.0 Å². The average Bonchev–Trinajstić information content (AvgIpc) is 3.42. The van der Waals surface area contributed by atoms with Crippen LogP contribution in [-0.2, 0) is 6.61 Å². The molecule has 4 heteroatoms. The highest BCUT2D eigenvalue weighted by atomic mass is 35.5. The second kappa shape index (κ2) is 10.0. The molecule has 3 atom stereocenters. The van der Waals surface area contributed by atoms with Crippen molar-refractivity contribution in [1.82, 2.24) is 0 Å². The molecule has 1 N–H and O–H groups in total. The second-order valence-corrected chi connectivity index (χ2v) is 9.84. The van der Waals surface area contributed by atoms with Crippen molar-refractivity contribution in [2.75, 3.05) is 5.32 Å². The first-order chi connectivity index (χ1) is 17.7. The van der Waals surface area contributed by atoms with Gasteiger partial charge in [0.05, 0.1) is 11.7 Å². The predicted molar refractivity (Wildman–Crippen MR) is 149 cm³/mol. The first-order valence-electron chi connectivity index (χ1n) is 12.4. The predicted octanol–water partition coefficient (Wildman–Crippen LogP) is 8.50. The summed E-state index contributed by atoms with van der Waals surface area (Å²) in [6, 6.07) is 33.3. The molecule has 3 nitrogen and oxygen atoms in total. The quantitative estimate of drug-likeness (QED) is 0.217. The van der Waals surface area contributed by atoms with Crippen LogP contribution in [0.2, 0.25) is 5.02 Å². The highest BCUT2D eigenvalue weighted by Gasteiger charge is 2.37. The monoisotopic (exact) mass is 490 g/mol. The van der Waals surface area contributed by atoms with Gasteiger partial charge in [-0.1, -0.05) is 66.2 Å². The molecule has 36 heavy (non-hydrogen) atoms. The van der Waals surface area contributed by atoms with E-state index >= 15 is 0 Å². The number of halogens is 1. The number of benzene rings is 4. The van der Waals surface area contributed by atoms with Crippen molar-refractivity contribution in [3.63, 3.8) is 0 Å². The van der Waals surface area contributed by atoms with Gasteiger partial charge in [0.2, 0.25) is 0 Å². The average molecular weight is 491 g/mol. The smallest absolute Gasteiger partial charge is 0.119 e. The highest BCUT2D eigenvalue weighted by Crippen LogP contribution is 2.49. The second-order valence-electron chi connectivity index (χ2n) is 9.40. The zero-order valence-corrected chi connectivity index (χ0v) is 20.6. The van der Waals surface area contributed by atoms with Crippen molar-refractivity contribution in [3.05, 3.63) is 136 Å². The Labute approximate surface area is 217 Å². The Balaban J connectivity index is 1.10. The van der Waals surface area contributed by atoms with Crippen LogP contribution < -0.4 is 10.1 Å². The van der Waals surface area contributed by atoms with Crippen LogP contribution >= 0.6 is 11.6 Å². The molecule has 4 aromatic carbocycles. The number of rotatable bonds is 6. The molecule has 0 amide bonds. The van der Waals surface area contributed by atoms with E-state index in [0.29, 0.717) is 24.5 Å². The van der Waals surface area contributed by atoms with Gasteiger partial charge >= 0.3 is 0 Å². The molecule has 1 aliphatic heterocycles. The van der Waals surface area contributed by atoms with Crippen molar-refractivity contribution >= 4 is 29.2 Å². The largest absolute Gasteiger partial charge is 0.489 e. The van der Waals surface area contributed by atoms with Crippen molar-refractivity contribution in [2.45, 2.75) is 25.0 Å². The summed E-state index contributed by atoms with van der Waals surface area (Å²) in [4.78, 5) is 4.68. The lowest BCUT2D eigenvalue weighted by Gasteiger charge is -2.37. The van der Waals surface area contributed by atoms with Crippen molar-refractivity contribution in [3.8, 4) is 5.75 Å². The summed E-state index contributed by atoms with van der Waals surface area (Å²) in [7, 11) is 0. The summed E-state index contributed by atoms with van der Waals surface area (Å²) in [6.45, 7) is 0.486. The number of para-hydroxylation sites is 1. The first-order valence-corrected chi connectivity index (χ1v) is 12.7. The van der Waals surface area contributed by atoms with Gasteiger partial charge in [0, 0.05) is 22.8 Å². The summed E-state index contributed by atoms with van der Waals surface area (Å²) in [6.07, 6.45) is 7.71. The summed E-state index contributed by atoms with van der Waals surface area (Å²) in [5.74, 6) is 1.86. The van der Waals surface area contributed by atoms with E-state index in [4.69, 9.17) is 16.3 Å². The van der Waals surface area contributed by atoms with Crippen LogP contribution in [0.5, 0.6) is 5.75 Å². The molecular formula is C32H27ClN2O. The third kappa shape index (κ3) is 4.80. The fraction of sp³-hybridized carbons (Fsp3) is 0.156. The number of fused-ring (bicyclic) bond motifs is 3. The molecular weight excluding hydrogens is 464 g/mol. The molecule has 0 radical (unpaired) electrons. The minimum atomic E-state index is 0.303. The first kappa shape index (κ1) is 22.6. The molecule has 4 aromatic rings. The molecule has 0 bridgehead atoms. The van der Waals surface area contributed by atoms with Gasteiger partial charge in [0.1, 0.15) is 12.4 Å². The van der Waals surface area contributed by atoms with E-state index in [1.165, 1.54) is 16.8 Å². The Morgan fingerprint density at radius 2 is 1.75 bits per heavy atom. The number of anilines is 1. The number of allylic oxidation sites excluding steroid dienone is 2. The van der Waals surface area contributed by atoms with Gasteiger partial charge in [-0.05, 0) is 89.2 Å². The molecule has 0 saturated carbocycles. The molecule has 2 aliphatic rings. The standard InChI is InChI=1S/C32H27ClN2O/c33-25-6-3-5-23(19-25)21-36-27-17-11-22(12-18-27)20-34-26-15-13-24(14-16-26)32-30-9-4-8-28(30)29-7-1-2-10-31(29)35-32/h1-8,10-20,28,30,32,35H,9,21H2/t28-,30+,32+/m1/s1. The van der Waals surface area contributed by atoms with Crippen LogP contribution in [0.1, 0.15) is 40.6 Å². The molecule has 1 heterocycles. The highest BCUT2D eigenvalue weighted by molar-refractivity contribution is 6.30. The molecule has 0 unspecified atom stereocenters. The van der Waals surface area contributed by atoms with Crippen LogP contribution in [0.4, 0.5) is 11.4 Å². The summed E-state index contributed by atoms with van der Waals surface area (Å²) in [5.41, 5.74) is 6.98. The summed E-state index contributed by atoms with van der Waals surface area (Å²) < 4.78 is 5.87. The number of nitrogens with zero attached hydrogens (tertiary/aromatic N) is 1. The van der Waals surface area contributed by atoms with Gasteiger partial charge < -0.3 is 10.1 Å². The molecule has 0 saturated heterocycles. The maximum absolute atomic E-state index is 6.04. The van der Waals surface area contributed by atoms with Gasteiger partial charge in [-0.3, -0.25) is 4.99 Å². The summed E-state index contributed by atoms with van der Waals surface area (Å²) >= 11 is 6.04. The third-order valence-electron chi connectivity index (χ3n) is 7.06. The normalized spacial score (nSPS) is 20.1. The van der Waals surface area contributed by atoms with Crippen molar-refractivity contribution in [2.24, 2.45) is 10.9 Å². The number of hydrogen-bond donors (Lipinski definition) is 1. The SMILES string of the molecule is Clc1cccc(COc2ccc(C=Nc3ccc([C@@H]4Nc5ccccc5[C@H]5C=CC[C@@H]54)cc3)cc2)c1. The molecule has 0 aromatic heterocycles. The van der Waals surface area contributed by atoms with E-state index < -0.39 is 0 Å². The van der Waals surface area contributed by atoms with Crippen LogP contribution in [0.3, 0.4) is 0 Å². The Bertz CT molecular complexity index is 1410. The maximum Gasteiger partial charge on any atom is 0.119 e. The van der Waals surface area contributed by atoms with Crippen LogP contribution in [-0.4, -0.2) is 6.21 Å². The van der Waals surface area contributed by atoms with Gasteiger partial charge in [-0.15, -0.1) is 0 Å². The van der Waals surface area contributed by atoms with Crippen LogP contribution in [0.25, 0.3) is 0 Å². The molecule has 178 valence electrons. The Kier molecular flexibility index (Phi) is 6.31. The fourth-order valence-electron chi connectivity index (χ4n) is 5.23. The zero-order valence-electron chi connectivity index (χ0n) is 19.8. The van der Waals surface area contributed by atoms with Crippen molar-refractivity contribution in [1.29, 1.82) is 0 Å².